The average molecular weight is 443 g/mol. The molecule has 2 aliphatic heterocycles. The standard InChI is InChI=1S/C25H24Cl2O3/c1-4-13-5-6-14(15-7-8-17(26)18(27)12-15)11-16(13)19-22(28)20-21(23(19)29)25(3)10-9-24(20,2)30-25/h5-8,11-12,20-21,28H,4,9-10H2,1-3H3/t20-,21+,24?,25?/m1/s1. The van der Waals surface area contributed by atoms with Crippen molar-refractivity contribution in [2.24, 2.45) is 11.8 Å². The molecule has 0 radical (unpaired) electrons. The first-order valence-corrected chi connectivity index (χ1v) is 11.2. The Balaban J connectivity index is 1.66. The summed E-state index contributed by atoms with van der Waals surface area (Å²) in [6.07, 6.45) is 2.47. The molecular weight excluding hydrogens is 419 g/mol. The third kappa shape index (κ3) is 2.65. The van der Waals surface area contributed by atoms with Gasteiger partial charge >= 0.3 is 0 Å². The van der Waals surface area contributed by atoms with Crippen LogP contribution in [0, 0.1) is 11.8 Å². The highest BCUT2D eigenvalue weighted by atomic mass is 35.5. The molecule has 0 aromatic heterocycles. The topological polar surface area (TPSA) is 46.5 Å². The van der Waals surface area contributed by atoms with E-state index >= 15 is 0 Å². The van der Waals surface area contributed by atoms with Crippen molar-refractivity contribution in [1.29, 1.82) is 0 Å². The van der Waals surface area contributed by atoms with Crippen LogP contribution in [0.15, 0.2) is 42.2 Å². The number of ketones is 1. The van der Waals surface area contributed by atoms with Crippen LogP contribution in [0.4, 0.5) is 0 Å². The number of aliphatic hydroxyl groups excluding tert-OH is 1. The van der Waals surface area contributed by atoms with Gasteiger partial charge in [0.1, 0.15) is 5.76 Å². The second-order valence-corrected chi connectivity index (χ2v) is 9.98. The number of aliphatic hydroxyl groups is 1. The highest BCUT2D eigenvalue weighted by Gasteiger charge is 2.69. The summed E-state index contributed by atoms with van der Waals surface area (Å²) in [5, 5.41) is 12.3. The number of rotatable bonds is 3. The lowest BCUT2D eigenvalue weighted by Gasteiger charge is -2.30. The van der Waals surface area contributed by atoms with E-state index in [9.17, 15) is 9.90 Å². The smallest absolute Gasteiger partial charge is 0.173 e. The Morgan fingerprint density at radius 1 is 1.00 bits per heavy atom. The number of carbonyl (C=O) groups is 1. The number of Topliss-reactive ketones (excluding diaryl/α,β-unsaturated/α-hetero) is 1. The van der Waals surface area contributed by atoms with E-state index in [2.05, 4.69) is 6.92 Å². The van der Waals surface area contributed by atoms with Crippen LogP contribution in [0.3, 0.4) is 0 Å². The van der Waals surface area contributed by atoms with Gasteiger partial charge in [0.05, 0.1) is 38.7 Å². The minimum absolute atomic E-state index is 0.00409. The predicted octanol–water partition coefficient (Wildman–Crippen LogP) is 6.65. The quantitative estimate of drug-likeness (QED) is 0.578. The Labute approximate surface area is 186 Å². The maximum Gasteiger partial charge on any atom is 0.173 e. The van der Waals surface area contributed by atoms with Gasteiger partial charge in [-0.05, 0) is 73.6 Å². The van der Waals surface area contributed by atoms with E-state index in [1.165, 1.54) is 0 Å². The molecule has 0 amide bonds. The number of allylic oxidation sites excluding steroid dienone is 1. The molecule has 0 spiro atoms. The minimum atomic E-state index is -0.500. The number of aryl methyl sites for hydroxylation is 1. The van der Waals surface area contributed by atoms with Crippen LogP contribution in [0.5, 0.6) is 0 Å². The van der Waals surface area contributed by atoms with E-state index in [0.29, 0.717) is 15.6 Å². The second-order valence-electron chi connectivity index (χ2n) is 9.16. The van der Waals surface area contributed by atoms with Gasteiger partial charge in [-0.25, -0.2) is 0 Å². The highest BCUT2D eigenvalue weighted by Crippen LogP contribution is 2.63. The third-order valence-corrected chi connectivity index (χ3v) is 8.06. The lowest BCUT2D eigenvalue weighted by Crippen LogP contribution is -2.39. The van der Waals surface area contributed by atoms with Crippen molar-refractivity contribution in [1.82, 2.24) is 0 Å². The summed E-state index contributed by atoms with van der Waals surface area (Å²) < 4.78 is 6.27. The number of fused-ring (bicyclic) bond motifs is 5. The first-order valence-electron chi connectivity index (χ1n) is 10.4. The number of hydrogen-bond acceptors (Lipinski definition) is 3. The van der Waals surface area contributed by atoms with Crippen molar-refractivity contribution in [2.45, 2.75) is 51.2 Å². The molecule has 3 aliphatic rings. The molecule has 0 saturated carbocycles. The zero-order valence-electron chi connectivity index (χ0n) is 17.3. The van der Waals surface area contributed by atoms with Gasteiger partial charge in [-0.1, -0.05) is 48.3 Å². The van der Waals surface area contributed by atoms with Crippen molar-refractivity contribution in [3.05, 3.63) is 63.3 Å². The fraction of sp³-hybridized carbons (Fsp3) is 0.400. The molecule has 2 heterocycles. The summed E-state index contributed by atoms with van der Waals surface area (Å²) in [5.74, 6) is -0.386. The Kier molecular flexibility index (Phi) is 4.42. The molecule has 2 saturated heterocycles. The van der Waals surface area contributed by atoms with Gasteiger partial charge in [0, 0.05) is 0 Å². The van der Waals surface area contributed by atoms with Gasteiger partial charge in [0.15, 0.2) is 5.78 Å². The number of halogens is 2. The Morgan fingerprint density at radius 2 is 1.63 bits per heavy atom. The van der Waals surface area contributed by atoms with Crippen molar-refractivity contribution in [3.8, 4) is 11.1 Å². The lowest BCUT2D eigenvalue weighted by atomic mass is 9.68. The van der Waals surface area contributed by atoms with Crippen LogP contribution >= 0.6 is 23.2 Å². The molecule has 5 heteroatoms. The number of hydrogen-bond donors (Lipinski definition) is 1. The Morgan fingerprint density at radius 3 is 2.27 bits per heavy atom. The fourth-order valence-electron chi connectivity index (χ4n) is 5.83. The zero-order valence-corrected chi connectivity index (χ0v) is 18.8. The molecule has 2 bridgehead atoms. The number of carbonyl (C=O) groups excluding carboxylic acids is 1. The van der Waals surface area contributed by atoms with E-state index < -0.39 is 11.2 Å². The van der Waals surface area contributed by atoms with Crippen molar-refractivity contribution >= 4 is 34.6 Å². The molecule has 30 heavy (non-hydrogen) atoms. The highest BCUT2D eigenvalue weighted by molar-refractivity contribution is 6.42. The molecule has 3 nitrogen and oxygen atoms in total. The first-order chi connectivity index (χ1) is 14.2. The van der Waals surface area contributed by atoms with E-state index in [0.717, 1.165) is 41.5 Å². The fourth-order valence-corrected chi connectivity index (χ4v) is 6.13. The van der Waals surface area contributed by atoms with Crippen molar-refractivity contribution < 1.29 is 14.6 Å². The van der Waals surface area contributed by atoms with Crippen LogP contribution in [0.1, 0.15) is 44.7 Å². The molecule has 1 N–H and O–H groups in total. The zero-order chi connectivity index (χ0) is 21.4. The molecule has 2 unspecified atom stereocenters. The molecule has 2 fully saturated rings. The second kappa shape index (κ2) is 6.59. The van der Waals surface area contributed by atoms with Gasteiger partial charge in [-0.15, -0.1) is 0 Å². The maximum atomic E-state index is 13.6. The van der Waals surface area contributed by atoms with Crippen LogP contribution < -0.4 is 0 Å². The van der Waals surface area contributed by atoms with Crippen LogP contribution in [0.2, 0.25) is 10.0 Å². The van der Waals surface area contributed by atoms with Gasteiger partial charge in [0.25, 0.3) is 0 Å². The average Bonchev–Trinajstić information content (AvgIpc) is 3.27. The number of ether oxygens (including phenoxy) is 1. The van der Waals surface area contributed by atoms with Gasteiger partial charge in [-0.2, -0.15) is 0 Å². The van der Waals surface area contributed by atoms with Crippen molar-refractivity contribution in [2.75, 3.05) is 0 Å². The molecule has 4 atom stereocenters. The molecule has 156 valence electrons. The lowest BCUT2D eigenvalue weighted by molar-refractivity contribution is -0.121. The summed E-state index contributed by atoms with van der Waals surface area (Å²) in [6, 6.07) is 11.6. The van der Waals surface area contributed by atoms with E-state index in [-0.39, 0.29) is 23.4 Å². The van der Waals surface area contributed by atoms with Crippen LogP contribution in [-0.4, -0.2) is 22.1 Å². The SMILES string of the molecule is CCc1ccc(-c2ccc(Cl)c(Cl)c2)cc1C1=C(O)[C@H]2[C@@H](C1=O)C1(C)CCC2(C)O1. The van der Waals surface area contributed by atoms with Crippen LogP contribution in [-0.2, 0) is 16.0 Å². The molecule has 1 aliphatic carbocycles. The van der Waals surface area contributed by atoms with Crippen molar-refractivity contribution in [3.63, 3.8) is 0 Å². The third-order valence-electron chi connectivity index (χ3n) is 7.33. The summed E-state index contributed by atoms with van der Waals surface area (Å²) in [5.41, 5.74) is 3.19. The Hall–Kier alpha value is -1.81. The van der Waals surface area contributed by atoms with E-state index in [4.69, 9.17) is 27.9 Å². The number of benzene rings is 2. The summed E-state index contributed by atoms with van der Waals surface area (Å²) in [6.45, 7) is 6.11. The first kappa shape index (κ1) is 20.1. The molecule has 2 aromatic rings. The summed E-state index contributed by atoms with van der Waals surface area (Å²) in [7, 11) is 0. The van der Waals surface area contributed by atoms with Crippen LogP contribution in [0.25, 0.3) is 16.7 Å². The van der Waals surface area contributed by atoms with Gasteiger partial charge in [-0.3, -0.25) is 4.79 Å². The molecular formula is C25H24Cl2O3. The summed E-state index contributed by atoms with van der Waals surface area (Å²) in [4.78, 5) is 13.6. The monoisotopic (exact) mass is 442 g/mol. The maximum absolute atomic E-state index is 13.6. The predicted molar refractivity (Wildman–Crippen MR) is 120 cm³/mol. The normalized spacial score (nSPS) is 32.2. The Bertz CT molecular complexity index is 1120. The molecule has 5 rings (SSSR count). The van der Waals surface area contributed by atoms with E-state index in [1.807, 2.05) is 44.2 Å². The molecule has 2 aromatic carbocycles. The summed E-state index contributed by atoms with van der Waals surface area (Å²) >= 11 is 12.3. The van der Waals surface area contributed by atoms with Gasteiger partial charge in [0.2, 0.25) is 0 Å². The largest absolute Gasteiger partial charge is 0.511 e. The minimum Gasteiger partial charge on any atom is -0.511 e. The van der Waals surface area contributed by atoms with Gasteiger partial charge < -0.3 is 9.84 Å². The van der Waals surface area contributed by atoms with E-state index in [1.54, 1.807) is 6.07 Å².